The van der Waals surface area contributed by atoms with Crippen molar-refractivity contribution in [1.82, 2.24) is 15.1 Å². The number of amides is 2. The van der Waals surface area contributed by atoms with E-state index in [2.05, 4.69) is 29.3 Å². The van der Waals surface area contributed by atoms with Gasteiger partial charge in [0.05, 0.1) is 5.71 Å². The van der Waals surface area contributed by atoms with Crippen molar-refractivity contribution in [3.8, 4) is 0 Å². The van der Waals surface area contributed by atoms with Gasteiger partial charge in [0.2, 0.25) is 5.91 Å². The van der Waals surface area contributed by atoms with Gasteiger partial charge in [0.15, 0.2) is 0 Å². The van der Waals surface area contributed by atoms with Crippen LogP contribution in [-0.4, -0.2) is 27.3 Å². The van der Waals surface area contributed by atoms with Crippen LogP contribution in [0.15, 0.2) is 59.0 Å². The zero-order valence-electron chi connectivity index (χ0n) is 13.1. The molecule has 1 aliphatic heterocycles. The Labute approximate surface area is 134 Å². The Morgan fingerprint density at radius 2 is 2.26 bits per heavy atom. The molecular weight excluding hydrogens is 292 g/mol. The number of hydrogen-bond acceptors (Lipinski definition) is 3. The third-order valence-electron chi connectivity index (χ3n) is 3.80. The van der Waals surface area contributed by atoms with E-state index in [0.29, 0.717) is 5.71 Å². The zero-order chi connectivity index (χ0) is 16.4. The summed E-state index contributed by atoms with van der Waals surface area (Å²) in [5.41, 5.74) is 2.38. The minimum atomic E-state index is -0.287. The lowest BCUT2D eigenvalue weighted by Gasteiger charge is -2.29. The Kier molecular flexibility index (Phi) is 4.06. The van der Waals surface area contributed by atoms with Gasteiger partial charge in [0.1, 0.15) is 6.54 Å². The lowest BCUT2D eigenvalue weighted by molar-refractivity contribution is -0.118. The van der Waals surface area contributed by atoms with Gasteiger partial charge in [0.25, 0.3) is 5.91 Å². The maximum Gasteiger partial charge on any atom is 0.267 e. The summed E-state index contributed by atoms with van der Waals surface area (Å²) in [6, 6.07) is 1.75. The molecule has 3 rings (SSSR count). The molecule has 6 nitrogen and oxygen atoms in total. The number of aliphatic imine (C=N–C) groups is 1. The second kappa shape index (κ2) is 6.16. The maximum atomic E-state index is 12.0. The van der Waals surface area contributed by atoms with E-state index in [1.807, 2.05) is 12.2 Å². The molecule has 2 aliphatic rings. The predicted octanol–water partition coefficient (Wildman–Crippen LogP) is 1.63. The van der Waals surface area contributed by atoms with Gasteiger partial charge < -0.3 is 5.32 Å². The first-order chi connectivity index (χ1) is 11.0. The number of aromatic nitrogens is 2. The smallest absolute Gasteiger partial charge is 0.267 e. The summed E-state index contributed by atoms with van der Waals surface area (Å²) in [5.74, 6) is -0.0916. The van der Waals surface area contributed by atoms with Crippen molar-refractivity contribution < 1.29 is 9.59 Å². The minimum absolute atomic E-state index is 0.0490. The second-order valence-corrected chi connectivity index (χ2v) is 5.86. The van der Waals surface area contributed by atoms with Gasteiger partial charge in [-0.3, -0.25) is 14.3 Å². The molecule has 0 saturated heterocycles. The molecule has 1 aliphatic carbocycles. The third kappa shape index (κ3) is 3.36. The highest BCUT2D eigenvalue weighted by molar-refractivity contribution is 6.11. The van der Waals surface area contributed by atoms with Crippen molar-refractivity contribution in [3.63, 3.8) is 0 Å². The maximum absolute atomic E-state index is 12.0. The molecule has 0 aromatic carbocycles. The fraction of sp³-hybridized carbons (Fsp3) is 0.294. The molecule has 0 radical (unpaired) electrons. The van der Waals surface area contributed by atoms with Crippen molar-refractivity contribution >= 4 is 17.5 Å². The van der Waals surface area contributed by atoms with Crippen LogP contribution >= 0.6 is 0 Å². The number of hydrogen-bond donors (Lipinski definition) is 1. The molecule has 6 heteroatoms. The highest BCUT2D eigenvalue weighted by atomic mass is 16.2. The summed E-state index contributed by atoms with van der Waals surface area (Å²) in [4.78, 5) is 27.8. The summed E-state index contributed by atoms with van der Waals surface area (Å²) in [5, 5.41) is 6.82. The average molecular weight is 310 g/mol. The molecule has 0 saturated carbocycles. The molecule has 23 heavy (non-hydrogen) atoms. The molecule has 0 bridgehead atoms. The third-order valence-corrected chi connectivity index (χ3v) is 3.80. The summed E-state index contributed by atoms with van der Waals surface area (Å²) >= 11 is 0. The van der Waals surface area contributed by atoms with Crippen molar-refractivity contribution in [3.05, 3.63) is 54.0 Å². The van der Waals surface area contributed by atoms with Gasteiger partial charge in [0, 0.05) is 30.1 Å². The van der Waals surface area contributed by atoms with E-state index in [4.69, 9.17) is 0 Å². The molecule has 0 fully saturated rings. The highest BCUT2D eigenvalue weighted by Crippen LogP contribution is 2.31. The summed E-state index contributed by atoms with van der Waals surface area (Å²) in [6.45, 7) is 4.22. The van der Waals surface area contributed by atoms with Crippen LogP contribution in [0.3, 0.4) is 0 Å². The van der Waals surface area contributed by atoms with E-state index in [1.54, 1.807) is 30.6 Å². The summed E-state index contributed by atoms with van der Waals surface area (Å²) in [6.07, 6.45) is 10.5. The monoisotopic (exact) mass is 310 g/mol. The summed E-state index contributed by atoms with van der Waals surface area (Å²) < 4.78 is 1.52. The molecule has 2 heterocycles. The van der Waals surface area contributed by atoms with Crippen LogP contribution in [0, 0.1) is 11.8 Å². The van der Waals surface area contributed by atoms with Gasteiger partial charge in [-0.2, -0.15) is 5.10 Å². The van der Waals surface area contributed by atoms with E-state index in [0.717, 1.165) is 11.3 Å². The Hall–Kier alpha value is -2.76. The van der Waals surface area contributed by atoms with E-state index < -0.39 is 0 Å². The number of nitrogens with one attached hydrogen (secondary N) is 1. The largest absolute Gasteiger partial charge is 0.325 e. The van der Waals surface area contributed by atoms with Crippen LogP contribution < -0.4 is 5.32 Å². The van der Waals surface area contributed by atoms with Gasteiger partial charge in [-0.15, -0.1) is 0 Å². The van der Waals surface area contributed by atoms with Gasteiger partial charge >= 0.3 is 0 Å². The first-order valence-electron chi connectivity index (χ1n) is 7.54. The first-order valence-corrected chi connectivity index (χ1v) is 7.54. The number of allylic oxidation sites excluding steroid dienone is 3. The normalized spacial score (nSPS) is 21.8. The molecule has 0 spiro atoms. The van der Waals surface area contributed by atoms with Gasteiger partial charge in [-0.25, -0.2) is 4.99 Å². The minimum Gasteiger partial charge on any atom is -0.325 e. The Morgan fingerprint density at radius 1 is 1.43 bits per heavy atom. The Bertz CT molecular complexity index is 752. The Balaban J connectivity index is 1.79. The first kappa shape index (κ1) is 15.1. The van der Waals surface area contributed by atoms with Crippen molar-refractivity contribution in [1.29, 1.82) is 0 Å². The highest BCUT2D eigenvalue weighted by Gasteiger charge is 2.27. The van der Waals surface area contributed by atoms with E-state index in [1.165, 1.54) is 4.68 Å². The molecule has 1 atom stereocenters. The fourth-order valence-corrected chi connectivity index (χ4v) is 2.73. The quantitative estimate of drug-likeness (QED) is 0.922. The number of rotatable bonds is 3. The van der Waals surface area contributed by atoms with Crippen LogP contribution in [-0.2, 0) is 16.1 Å². The van der Waals surface area contributed by atoms with Crippen LogP contribution in [0.25, 0.3) is 0 Å². The number of nitrogens with zero attached hydrogens (tertiary/aromatic N) is 3. The number of fused-ring (bicyclic) bond motifs is 1. The molecule has 118 valence electrons. The lowest BCUT2D eigenvalue weighted by atomic mass is 9.82. The molecule has 1 aromatic rings. The predicted molar refractivity (Wildman–Crippen MR) is 86.4 cm³/mol. The van der Waals surface area contributed by atoms with Crippen LogP contribution in [0.2, 0.25) is 0 Å². The van der Waals surface area contributed by atoms with E-state index in [-0.39, 0.29) is 30.2 Å². The summed E-state index contributed by atoms with van der Waals surface area (Å²) in [7, 11) is 0. The van der Waals surface area contributed by atoms with Crippen molar-refractivity contribution in [2.24, 2.45) is 16.8 Å². The standard InChI is InChI=1S/C17H18N4O2/c1-11(2)14-9-16(22)20-15-8-12(4-5-13(14)15)19-17(23)10-21-7-3-6-18-21/h3-9,11,13H,10H2,1-2H3,(H,20,22). The number of carbonyl (C=O) groups excluding carboxylic acids is 2. The number of carbonyl (C=O) groups is 2. The molecule has 1 aromatic heterocycles. The van der Waals surface area contributed by atoms with Crippen LogP contribution in [0.1, 0.15) is 13.8 Å². The fourth-order valence-electron chi connectivity index (χ4n) is 2.73. The second-order valence-electron chi connectivity index (χ2n) is 5.86. The molecule has 2 amide bonds. The topological polar surface area (TPSA) is 76.3 Å². The molecule has 1 unspecified atom stereocenters. The lowest BCUT2D eigenvalue weighted by Crippen LogP contribution is -2.34. The van der Waals surface area contributed by atoms with Crippen molar-refractivity contribution in [2.75, 3.05) is 0 Å². The molecule has 1 N–H and O–H groups in total. The van der Waals surface area contributed by atoms with Crippen LogP contribution in [0.5, 0.6) is 0 Å². The SMILES string of the molecule is CC(C)C1=CC(=O)NC2=CC(=NC(=O)Cn3cccn3)C=CC21. The molecular formula is C17H18N4O2. The zero-order valence-corrected chi connectivity index (χ0v) is 13.1. The van der Waals surface area contributed by atoms with Gasteiger partial charge in [-0.1, -0.05) is 19.9 Å². The van der Waals surface area contributed by atoms with Gasteiger partial charge in [-0.05, 0) is 29.7 Å². The Morgan fingerprint density at radius 3 is 2.96 bits per heavy atom. The van der Waals surface area contributed by atoms with Crippen LogP contribution in [0.4, 0.5) is 0 Å². The average Bonchev–Trinajstić information content (AvgIpc) is 2.98. The van der Waals surface area contributed by atoms with E-state index >= 15 is 0 Å². The van der Waals surface area contributed by atoms with Crippen molar-refractivity contribution in [2.45, 2.75) is 20.4 Å². The van der Waals surface area contributed by atoms with E-state index in [9.17, 15) is 9.59 Å².